The zero-order valence-corrected chi connectivity index (χ0v) is 15.8. The standard InChI is InChI=1S/C20H21FN2O3S/c1-20(24)11-9-15(10-12-20)23-27(25,26)17-6-3-14(4-7-17)18-8-5-16(22-2)13-19(18)21/h3-8,13,15,23-24H,9-12H2,1H3. The predicted molar refractivity (Wildman–Crippen MR) is 101 cm³/mol. The van der Waals surface area contributed by atoms with E-state index in [0.717, 1.165) is 6.07 Å². The number of nitrogens with zero attached hydrogens (tertiary/aromatic N) is 1. The van der Waals surface area contributed by atoms with Crippen molar-refractivity contribution in [3.63, 3.8) is 0 Å². The van der Waals surface area contributed by atoms with E-state index in [9.17, 15) is 17.9 Å². The van der Waals surface area contributed by atoms with Gasteiger partial charge in [0.15, 0.2) is 5.69 Å². The van der Waals surface area contributed by atoms with E-state index in [4.69, 9.17) is 6.57 Å². The highest BCUT2D eigenvalue weighted by Gasteiger charge is 2.31. The van der Waals surface area contributed by atoms with Gasteiger partial charge in [-0.1, -0.05) is 24.3 Å². The van der Waals surface area contributed by atoms with Crippen LogP contribution in [0.5, 0.6) is 0 Å². The minimum absolute atomic E-state index is 0.113. The second-order valence-corrected chi connectivity index (χ2v) is 8.91. The molecule has 0 amide bonds. The molecule has 1 aliphatic carbocycles. The van der Waals surface area contributed by atoms with E-state index in [-0.39, 0.29) is 16.6 Å². The second-order valence-electron chi connectivity index (χ2n) is 7.19. The van der Waals surface area contributed by atoms with Crippen LogP contribution in [0.4, 0.5) is 10.1 Å². The second kappa shape index (κ2) is 7.39. The molecule has 0 aromatic heterocycles. The van der Waals surface area contributed by atoms with Gasteiger partial charge in [-0.25, -0.2) is 22.4 Å². The topological polar surface area (TPSA) is 70.8 Å². The molecule has 2 aromatic rings. The molecule has 0 spiro atoms. The van der Waals surface area contributed by atoms with Crippen LogP contribution < -0.4 is 4.72 Å². The van der Waals surface area contributed by atoms with Crippen molar-refractivity contribution in [2.24, 2.45) is 0 Å². The lowest BCUT2D eigenvalue weighted by Gasteiger charge is -2.33. The summed E-state index contributed by atoms with van der Waals surface area (Å²) >= 11 is 0. The van der Waals surface area contributed by atoms with Gasteiger partial charge in [-0.3, -0.25) is 0 Å². The molecule has 142 valence electrons. The average molecular weight is 388 g/mol. The van der Waals surface area contributed by atoms with Crippen LogP contribution in [-0.4, -0.2) is 25.2 Å². The molecule has 0 heterocycles. The van der Waals surface area contributed by atoms with Crippen LogP contribution in [0.3, 0.4) is 0 Å². The van der Waals surface area contributed by atoms with Gasteiger partial charge in [0, 0.05) is 11.6 Å². The Morgan fingerprint density at radius 3 is 2.37 bits per heavy atom. The molecule has 1 saturated carbocycles. The lowest BCUT2D eigenvalue weighted by molar-refractivity contribution is 0.0163. The van der Waals surface area contributed by atoms with Crippen LogP contribution >= 0.6 is 0 Å². The summed E-state index contributed by atoms with van der Waals surface area (Å²) in [5.41, 5.74) is 0.341. The summed E-state index contributed by atoms with van der Waals surface area (Å²) in [5, 5.41) is 9.98. The van der Waals surface area contributed by atoms with Gasteiger partial charge in [0.1, 0.15) is 5.82 Å². The van der Waals surface area contributed by atoms with Crippen molar-refractivity contribution in [3.05, 3.63) is 59.7 Å². The molecule has 1 fully saturated rings. The van der Waals surface area contributed by atoms with Gasteiger partial charge in [-0.2, -0.15) is 0 Å². The van der Waals surface area contributed by atoms with Crippen molar-refractivity contribution < 1.29 is 17.9 Å². The quantitative estimate of drug-likeness (QED) is 0.778. The Kier molecular flexibility index (Phi) is 5.33. The Hall–Kier alpha value is -2.27. The third kappa shape index (κ3) is 4.53. The highest BCUT2D eigenvalue weighted by atomic mass is 32.2. The SMILES string of the molecule is [C-]#[N+]c1ccc(-c2ccc(S(=O)(=O)NC3CCC(C)(O)CC3)cc2)c(F)c1. The minimum Gasteiger partial charge on any atom is -0.390 e. The molecular weight excluding hydrogens is 367 g/mol. The lowest BCUT2D eigenvalue weighted by Crippen LogP contribution is -2.42. The van der Waals surface area contributed by atoms with Crippen LogP contribution in [0.25, 0.3) is 16.0 Å². The first-order valence-corrected chi connectivity index (χ1v) is 10.2. The molecule has 0 atom stereocenters. The molecule has 0 bridgehead atoms. The lowest BCUT2D eigenvalue weighted by atomic mass is 9.84. The van der Waals surface area contributed by atoms with Gasteiger partial charge in [-0.05, 0) is 56.4 Å². The fraction of sp³-hybridized carbons (Fsp3) is 0.350. The van der Waals surface area contributed by atoms with Crippen LogP contribution in [0, 0.1) is 12.4 Å². The van der Waals surface area contributed by atoms with Gasteiger partial charge < -0.3 is 5.11 Å². The van der Waals surface area contributed by atoms with Crippen molar-refractivity contribution >= 4 is 15.7 Å². The molecule has 2 aromatic carbocycles. The number of sulfonamides is 1. The predicted octanol–water partition coefficient (Wildman–Crippen LogP) is 4.02. The van der Waals surface area contributed by atoms with Gasteiger partial charge in [0.25, 0.3) is 0 Å². The molecule has 5 nitrogen and oxygen atoms in total. The number of hydrogen-bond donors (Lipinski definition) is 2. The minimum atomic E-state index is -3.68. The normalized spacial score (nSPS) is 23.0. The summed E-state index contributed by atoms with van der Waals surface area (Å²) in [6.45, 7) is 8.67. The summed E-state index contributed by atoms with van der Waals surface area (Å²) in [5.74, 6) is -0.522. The average Bonchev–Trinajstić information content (AvgIpc) is 2.63. The maximum atomic E-state index is 14.1. The Balaban J connectivity index is 1.76. The number of nitrogens with one attached hydrogen (secondary N) is 1. The van der Waals surface area contributed by atoms with Crippen LogP contribution in [-0.2, 0) is 10.0 Å². The highest BCUT2D eigenvalue weighted by Crippen LogP contribution is 2.30. The molecule has 27 heavy (non-hydrogen) atoms. The third-order valence-electron chi connectivity index (χ3n) is 4.94. The summed E-state index contributed by atoms with van der Waals surface area (Å²) in [6, 6.07) is 9.98. The van der Waals surface area contributed by atoms with E-state index in [2.05, 4.69) is 9.57 Å². The maximum Gasteiger partial charge on any atom is 0.240 e. The van der Waals surface area contributed by atoms with E-state index in [1.165, 1.54) is 24.3 Å². The fourth-order valence-corrected chi connectivity index (χ4v) is 4.57. The first kappa shape index (κ1) is 19.5. The first-order valence-electron chi connectivity index (χ1n) is 8.72. The summed E-state index contributed by atoms with van der Waals surface area (Å²) in [6.07, 6.45) is 2.28. The summed E-state index contributed by atoms with van der Waals surface area (Å²) < 4.78 is 42.0. The van der Waals surface area contributed by atoms with Crippen molar-refractivity contribution in [1.82, 2.24) is 4.72 Å². The van der Waals surface area contributed by atoms with Crippen molar-refractivity contribution in [3.8, 4) is 11.1 Å². The van der Waals surface area contributed by atoms with Crippen LogP contribution in [0.2, 0.25) is 0 Å². The van der Waals surface area contributed by atoms with Crippen molar-refractivity contribution in [2.45, 2.75) is 49.1 Å². The largest absolute Gasteiger partial charge is 0.390 e. The number of halogens is 1. The van der Waals surface area contributed by atoms with Crippen molar-refractivity contribution in [2.75, 3.05) is 0 Å². The van der Waals surface area contributed by atoms with E-state index >= 15 is 0 Å². The van der Waals surface area contributed by atoms with Crippen molar-refractivity contribution in [1.29, 1.82) is 0 Å². The monoisotopic (exact) mass is 388 g/mol. The highest BCUT2D eigenvalue weighted by molar-refractivity contribution is 7.89. The van der Waals surface area contributed by atoms with Gasteiger partial charge in [0.2, 0.25) is 10.0 Å². The Labute approximate surface area is 158 Å². The molecule has 0 radical (unpaired) electrons. The molecule has 7 heteroatoms. The smallest absolute Gasteiger partial charge is 0.240 e. The molecule has 0 aliphatic heterocycles. The fourth-order valence-electron chi connectivity index (χ4n) is 3.27. The van der Waals surface area contributed by atoms with E-state index in [1.807, 2.05) is 0 Å². The molecule has 0 saturated heterocycles. The van der Waals surface area contributed by atoms with E-state index in [0.29, 0.717) is 36.8 Å². The molecule has 0 unspecified atom stereocenters. The van der Waals surface area contributed by atoms with Crippen LogP contribution in [0.1, 0.15) is 32.6 Å². The third-order valence-corrected chi connectivity index (χ3v) is 6.48. The number of hydrogen-bond acceptors (Lipinski definition) is 3. The first-order chi connectivity index (χ1) is 12.7. The summed E-state index contributed by atoms with van der Waals surface area (Å²) in [7, 11) is -3.68. The Morgan fingerprint density at radius 1 is 1.19 bits per heavy atom. The maximum absolute atomic E-state index is 14.1. The molecule has 1 aliphatic rings. The van der Waals surface area contributed by atoms with E-state index < -0.39 is 21.4 Å². The number of rotatable bonds is 4. The van der Waals surface area contributed by atoms with Gasteiger partial charge in [-0.15, -0.1) is 0 Å². The van der Waals surface area contributed by atoms with Gasteiger partial charge in [0.05, 0.1) is 17.1 Å². The Bertz CT molecular complexity index is 969. The van der Waals surface area contributed by atoms with Gasteiger partial charge >= 0.3 is 0 Å². The molecule has 2 N–H and O–H groups in total. The molecular formula is C20H21FN2O3S. The van der Waals surface area contributed by atoms with E-state index in [1.54, 1.807) is 19.1 Å². The van der Waals surface area contributed by atoms with Crippen LogP contribution in [0.15, 0.2) is 47.4 Å². The number of benzene rings is 2. The zero-order chi connectivity index (χ0) is 19.7. The summed E-state index contributed by atoms with van der Waals surface area (Å²) in [4.78, 5) is 3.30. The molecule has 3 rings (SSSR count). The number of aliphatic hydroxyl groups is 1. The zero-order valence-electron chi connectivity index (χ0n) is 14.9. The Morgan fingerprint density at radius 2 is 1.81 bits per heavy atom.